The van der Waals surface area contributed by atoms with E-state index < -0.39 is 17.8 Å². The summed E-state index contributed by atoms with van der Waals surface area (Å²) in [4.78, 5) is 30.5. The van der Waals surface area contributed by atoms with Crippen molar-refractivity contribution in [2.75, 3.05) is 6.54 Å². The van der Waals surface area contributed by atoms with E-state index in [4.69, 9.17) is 0 Å². The Morgan fingerprint density at radius 3 is 1.58 bits per heavy atom. The molecule has 0 heterocycles. The van der Waals surface area contributed by atoms with Crippen LogP contribution < -0.4 is 0 Å². The van der Waals surface area contributed by atoms with E-state index in [9.17, 15) is 25.1 Å². The lowest BCUT2D eigenvalue weighted by molar-refractivity contribution is -0.271. The molecular weight excluding hydrogens is 711 g/mol. The highest BCUT2D eigenvalue weighted by molar-refractivity contribution is 6.32. The van der Waals surface area contributed by atoms with Gasteiger partial charge < -0.3 is 10.2 Å². The molecule has 0 aromatic heterocycles. The Morgan fingerprint density at radius 2 is 1.09 bits per heavy atom. The van der Waals surface area contributed by atoms with Crippen LogP contribution in [0.3, 0.4) is 0 Å². The minimum absolute atomic E-state index is 0.0259. The molecule has 8 aliphatic carbocycles. The first-order valence-electron chi connectivity index (χ1n) is 24.7. The van der Waals surface area contributed by atoms with Crippen LogP contribution in [0.1, 0.15) is 196 Å². The monoisotopic (exact) mass is 794 g/mol. The van der Waals surface area contributed by atoms with Gasteiger partial charge in [0.15, 0.2) is 0 Å². The minimum Gasteiger partial charge on any atom is -0.349 e. The van der Waals surface area contributed by atoms with Crippen LogP contribution in [-0.2, 0) is 14.5 Å². The fourth-order valence-corrected chi connectivity index (χ4v) is 18.7. The average Bonchev–Trinajstić information content (AvgIpc) is 3.74. The lowest BCUT2D eigenvalue weighted by Gasteiger charge is -2.61. The average molecular weight is 794 g/mol. The summed E-state index contributed by atoms with van der Waals surface area (Å²) in [5, 5.41) is 32.4. The van der Waals surface area contributed by atoms with Gasteiger partial charge in [-0.2, -0.15) is 5.26 Å². The Labute approximate surface area is 346 Å². The second-order valence-corrected chi connectivity index (χ2v) is 23.5. The molecule has 2 unspecified atom stereocenters. The van der Waals surface area contributed by atoms with E-state index in [1.165, 1.54) is 128 Å². The largest absolute Gasteiger partial charge is 0.429 e. The van der Waals surface area contributed by atoms with Crippen LogP contribution in [0.25, 0.3) is 0 Å². The number of hydrogen-bond acceptors (Lipinski definition) is 6. The van der Waals surface area contributed by atoms with Gasteiger partial charge in [0.05, 0.1) is 0 Å². The maximum Gasteiger partial charge on any atom is 0.429 e. The molecule has 7 nitrogen and oxygen atoms in total. The summed E-state index contributed by atoms with van der Waals surface area (Å²) in [5.74, 6) is 3.52. The lowest BCUT2D eigenvalue weighted by atomic mass is 9.44. The zero-order valence-electron chi connectivity index (χ0n) is 37.1. The molecule has 324 valence electrons. The van der Waals surface area contributed by atoms with E-state index in [1.54, 1.807) is 0 Å². The number of carbonyl (C=O) groups excluding carboxylic acids is 2. The summed E-state index contributed by atoms with van der Waals surface area (Å²) in [5.41, 5.74) is 1.66. The molecule has 8 saturated carbocycles. The SMILES string of the molecule is C[C@H](CCCN(C(=O)C(=O)OO)C(O)(O)CC[C@@H](C)[C@H]1CC[C@H]2[C@@H]3CCC4CCCC[C@]4(C)[C@H]3CC[C@]12C)[C@H]1CC[C@H]2[C@@H]3CCC4CCCC[C@]4(C)[C@H]3CC[C@]12C. The smallest absolute Gasteiger partial charge is 0.349 e. The Kier molecular flexibility index (Phi) is 11.9. The van der Waals surface area contributed by atoms with Crippen LogP contribution in [0.4, 0.5) is 0 Å². The number of hydrogen-bond donors (Lipinski definition) is 3. The Hall–Kier alpha value is -1.18. The molecule has 3 N–H and O–H groups in total. The van der Waals surface area contributed by atoms with Crippen molar-refractivity contribution in [1.29, 1.82) is 0 Å². The standard InChI is InChI=1S/C50H83NO6/c1-32(38-19-21-40-36-17-15-34-13-7-9-26-46(34,3)42(36)24-28-48(38,40)5)12-11-31-51(44(52)45(53)57-56)50(54,55)30-23-33(2)39-20-22-41-37-18-16-35-14-8-10-27-47(35,4)43(37)25-29-49(39,41)6/h32-43,54-56H,7-31H2,1-6H3/t32-,33-,34?,35?,36+,37+,38-,39-,40+,41+,42+,43+,46+,47+,48-,49-/m1/s1. The molecule has 16 atom stereocenters. The summed E-state index contributed by atoms with van der Waals surface area (Å²) in [6, 6.07) is 0. The molecule has 0 bridgehead atoms. The molecule has 0 spiro atoms. The van der Waals surface area contributed by atoms with Gasteiger partial charge in [0.25, 0.3) is 0 Å². The van der Waals surface area contributed by atoms with Crippen LogP contribution in [0.2, 0.25) is 0 Å². The fourth-order valence-electron chi connectivity index (χ4n) is 18.7. The van der Waals surface area contributed by atoms with Gasteiger partial charge in [0.1, 0.15) is 0 Å². The Bertz CT molecular complexity index is 1470. The molecule has 0 saturated heterocycles. The molecule has 0 aromatic carbocycles. The second kappa shape index (κ2) is 15.9. The van der Waals surface area contributed by atoms with Crippen LogP contribution in [0.5, 0.6) is 0 Å². The molecule has 1 amide bonds. The molecular formula is C50H83NO6. The normalized spacial score (nSPS) is 46.3. The topological polar surface area (TPSA) is 107 Å². The molecule has 8 rings (SSSR count). The van der Waals surface area contributed by atoms with Crippen LogP contribution in [0, 0.1) is 92.7 Å². The van der Waals surface area contributed by atoms with Gasteiger partial charge in [-0.15, -0.1) is 0 Å². The molecule has 0 radical (unpaired) electrons. The third kappa shape index (κ3) is 7.10. The Morgan fingerprint density at radius 1 is 0.614 bits per heavy atom. The fraction of sp³-hybridized carbons (Fsp3) is 0.960. The Balaban J connectivity index is 0.877. The number of fused-ring (bicyclic) bond motifs is 10. The number of rotatable bonds is 10. The highest BCUT2D eigenvalue weighted by Crippen LogP contribution is 2.70. The van der Waals surface area contributed by atoms with Crippen molar-refractivity contribution in [2.24, 2.45) is 92.7 Å². The molecule has 0 aromatic rings. The van der Waals surface area contributed by atoms with E-state index in [-0.39, 0.29) is 24.3 Å². The second-order valence-electron chi connectivity index (χ2n) is 23.5. The van der Waals surface area contributed by atoms with Gasteiger partial charge in [-0.3, -0.25) is 14.6 Å². The first-order chi connectivity index (χ1) is 27.1. The predicted octanol–water partition coefficient (Wildman–Crippen LogP) is 11.4. The quantitative estimate of drug-likeness (QED) is 0.0880. The molecule has 8 fully saturated rings. The summed E-state index contributed by atoms with van der Waals surface area (Å²) in [6.07, 6.45) is 29.3. The first-order valence-corrected chi connectivity index (χ1v) is 24.7. The third-order valence-electron chi connectivity index (χ3n) is 21.6. The van der Waals surface area contributed by atoms with Crippen LogP contribution in [0.15, 0.2) is 0 Å². The maximum atomic E-state index is 13.3. The third-order valence-corrected chi connectivity index (χ3v) is 21.6. The van der Waals surface area contributed by atoms with E-state index in [0.717, 1.165) is 58.7 Å². The van der Waals surface area contributed by atoms with Gasteiger partial charge in [0.2, 0.25) is 5.91 Å². The zero-order chi connectivity index (χ0) is 40.5. The van der Waals surface area contributed by atoms with Gasteiger partial charge in [-0.1, -0.05) is 67.2 Å². The highest BCUT2D eigenvalue weighted by atomic mass is 17.1. The summed E-state index contributed by atoms with van der Waals surface area (Å²) in [7, 11) is 0. The molecule has 7 heteroatoms. The lowest BCUT2D eigenvalue weighted by Crippen LogP contribution is -2.55. The van der Waals surface area contributed by atoms with Gasteiger partial charge in [-0.25, -0.2) is 4.79 Å². The summed E-state index contributed by atoms with van der Waals surface area (Å²) < 4.78 is 0. The summed E-state index contributed by atoms with van der Waals surface area (Å²) >= 11 is 0. The van der Waals surface area contributed by atoms with Gasteiger partial charge >= 0.3 is 11.9 Å². The summed E-state index contributed by atoms with van der Waals surface area (Å²) in [6.45, 7) is 15.1. The van der Waals surface area contributed by atoms with Crippen molar-refractivity contribution in [1.82, 2.24) is 4.90 Å². The van der Waals surface area contributed by atoms with Crippen LogP contribution >= 0.6 is 0 Å². The van der Waals surface area contributed by atoms with Crippen molar-refractivity contribution in [3.05, 3.63) is 0 Å². The van der Waals surface area contributed by atoms with Crippen molar-refractivity contribution in [3.63, 3.8) is 0 Å². The van der Waals surface area contributed by atoms with Crippen LogP contribution in [-0.4, -0.2) is 44.7 Å². The van der Waals surface area contributed by atoms with Crippen molar-refractivity contribution in [2.45, 2.75) is 202 Å². The first kappa shape index (κ1) is 42.5. The van der Waals surface area contributed by atoms with Crippen molar-refractivity contribution >= 4 is 11.9 Å². The number of carbonyl (C=O) groups is 2. The number of aliphatic hydroxyl groups is 2. The molecule has 0 aliphatic heterocycles. The molecule has 8 aliphatic rings. The predicted molar refractivity (Wildman–Crippen MR) is 224 cm³/mol. The minimum atomic E-state index is -2.50. The maximum absolute atomic E-state index is 13.3. The van der Waals surface area contributed by atoms with E-state index in [2.05, 4.69) is 46.4 Å². The highest BCUT2D eigenvalue weighted by Gasteiger charge is 2.62. The van der Waals surface area contributed by atoms with E-state index >= 15 is 0 Å². The van der Waals surface area contributed by atoms with Crippen molar-refractivity contribution < 1.29 is 29.9 Å². The van der Waals surface area contributed by atoms with Gasteiger partial charge in [-0.05, 0) is 215 Å². The number of nitrogens with zero attached hydrogens (tertiary/aromatic N) is 1. The molecule has 57 heavy (non-hydrogen) atoms. The number of amides is 1. The zero-order valence-corrected chi connectivity index (χ0v) is 37.1. The van der Waals surface area contributed by atoms with Crippen molar-refractivity contribution in [3.8, 4) is 0 Å². The van der Waals surface area contributed by atoms with E-state index in [1.807, 2.05) is 0 Å². The van der Waals surface area contributed by atoms with E-state index in [0.29, 0.717) is 46.8 Å². The van der Waals surface area contributed by atoms with Gasteiger partial charge in [0, 0.05) is 13.0 Å².